The highest BCUT2D eigenvalue weighted by Crippen LogP contribution is 2.43. The lowest BCUT2D eigenvalue weighted by Gasteiger charge is -2.39. The number of hydrogen-bond donors (Lipinski definition) is 0. The van der Waals surface area contributed by atoms with Crippen molar-refractivity contribution in [2.75, 3.05) is 32.3 Å². The highest BCUT2D eigenvalue weighted by molar-refractivity contribution is 7.51. The molecule has 0 amide bonds. The average molecular weight is 601 g/mol. The van der Waals surface area contributed by atoms with Gasteiger partial charge in [0.05, 0.1) is 32.7 Å². The molecule has 1 atom stereocenters. The maximum Gasteiger partial charge on any atom is 0.184 e. The second-order valence-corrected chi connectivity index (χ2v) is 14.6. The third-order valence-electron chi connectivity index (χ3n) is 7.76. The fraction of sp³-hybridized carbons (Fsp3) is 0.639. The van der Waals surface area contributed by atoms with Gasteiger partial charge in [0.15, 0.2) is 7.60 Å². The normalized spacial score (nSPS) is 13.5. The SMILES string of the molecule is CCCC[N+](CCCC)(CCCC)CCCC.CCP(=O)([O-])Oc1c(C=NCc2ccccc2)cccc1C(C)(C)C. The third-order valence-corrected chi connectivity index (χ3v) is 9.00. The summed E-state index contributed by atoms with van der Waals surface area (Å²) in [4.78, 5) is 16.5. The summed E-state index contributed by atoms with van der Waals surface area (Å²) >= 11 is 0. The Morgan fingerprint density at radius 2 is 1.29 bits per heavy atom. The van der Waals surface area contributed by atoms with Gasteiger partial charge in [0.1, 0.15) is 5.75 Å². The lowest BCUT2D eigenvalue weighted by molar-refractivity contribution is -0.929. The fourth-order valence-corrected chi connectivity index (χ4v) is 5.64. The van der Waals surface area contributed by atoms with E-state index in [4.69, 9.17) is 4.52 Å². The van der Waals surface area contributed by atoms with E-state index in [1.54, 1.807) is 13.1 Å². The molecule has 0 N–H and O–H groups in total. The molecule has 0 aliphatic carbocycles. The van der Waals surface area contributed by atoms with E-state index >= 15 is 0 Å². The summed E-state index contributed by atoms with van der Waals surface area (Å²) in [6, 6.07) is 15.5. The van der Waals surface area contributed by atoms with Crippen molar-refractivity contribution in [3.8, 4) is 5.75 Å². The molecule has 1 unspecified atom stereocenters. The number of benzene rings is 2. The summed E-state index contributed by atoms with van der Waals surface area (Å²) in [7, 11) is -3.92. The first-order chi connectivity index (χ1) is 20.0. The zero-order chi connectivity index (χ0) is 31.5. The molecule has 6 heteroatoms. The molecule has 2 aromatic carbocycles. The fourth-order valence-electron chi connectivity index (χ4n) is 5.03. The molecule has 0 spiro atoms. The van der Waals surface area contributed by atoms with Crippen LogP contribution in [0.25, 0.3) is 0 Å². The van der Waals surface area contributed by atoms with Gasteiger partial charge >= 0.3 is 0 Å². The van der Waals surface area contributed by atoms with Gasteiger partial charge < -0.3 is 13.9 Å². The molecule has 42 heavy (non-hydrogen) atoms. The largest absolute Gasteiger partial charge is 0.769 e. The van der Waals surface area contributed by atoms with E-state index in [-0.39, 0.29) is 11.6 Å². The number of aliphatic imine (C=N–C) groups is 1. The molecule has 0 radical (unpaired) electrons. The van der Waals surface area contributed by atoms with Crippen molar-refractivity contribution in [3.63, 3.8) is 0 Å². The van der Waals surface area contributed by atoms with Crippen molar-refractivity contribution in [1.82, 2.24) is 0 Å². The summed E-state index contributed by atoms with van der Waals surface area (Å²) in [6.07, 6.45) is 12.7. The van der Waals surface area contributed by atoms with E-state index in [9.17, 15) is 9.46 Å². The van der Waals surface area contributed by atoms with Crippen LogP contribution in [0, 0.1) is 0 Å². The summed E-state index contributed by atoms with van der Waals surface area (Å²) in [5.41, 5.74) is 2.37. The third kappa shape index (κ3) is 14.5. The number of rotatable bonds is 18. The van der Waals surface area contributed by atoms with E-state index < -0.39 is 7.60 Å². The number of para-hydroxylation sites is 1. The van der Waals surface area contributed by atoms with E-state index in [0.29, 0.717) is 17.9 Å². The smallest absolute Gasteiger partial charge is 0.184 e. The first-order valence-corrected chi connectivity index (χ1v) is 18.2. The van der Waals surface area contributed by atoms with E-state index in [2.05, 4.69) is 32.7 Å². The zero-order valence-electron chi connectivity index (χ0n) is 28.2. The van der Waals surface area contributed by atoms with Crippen molar-refractivity contribution in [1.29, 1.82) is 0 Å². The minimum atomic E-state index is -3.92. The standard InChI is InChI=1S/C20H26NO3P.C16H36N/c1-5-25(22,23)24-19-17(12-9-13-18(19)20(2,3)4)15-21-14-16-10-7-6-8-11-16;1-5-9-13-17(14-10-6-2,15-11-7-3)16-12-8-4/h6-13,15H,5,14H2,1-4H3,(H,22,23);5-16H2,1-4H3/q;+1/p-1. The molecule has 2 rings (SSSR count). The molecular weight excluding hydrogens is 539 g/mol. The van der Waals surface area contributed by atoms with Gasteiger partial charge in [-0.05, 0) is 42.7 Å². The molecule has 0 heterocycles. The van der Waals surface area contributed by atoms with E-state index in [1.165, 1.54) is 82.0 Å². The Kier molecular flexibility index (Phi) is 18.2. The first-order valence-electron chi connectivity index (χ1n) is 16.5. The quantitative estimate of drug-likeness (QED) is 0.0972. The Morgan fingerprint density at radius 3 is 1.71 bits per heavy atom. The van der Waals surface area contributed by atoms with Crippen LogP contribution in [0.2, 0.25) is 0 Å². The molecule has 0 aromatic heterocycles. The Labute approximate surface area is 258 Å². The average Bonchev–Trinajstić information content (AvgIpc) is 2.97. The second kappa shape index (κ2) is 20.1. The number of quaternary nitrogens is 1. The van der Waals surface area contributed by atoms with Gasteiger partial charge in [-0.3, -0.25) is 9.56 Å². The molecule has 0 fully saturated rings. The second-order valence-electron chi connectivity index (χ2n) is 12.6. The molecule has 0 saturated heterocycles. The van der Waals surface area contributed by atoms with Crippen molar-refractivity contribution in [2.45, 2.75) is 119 Å². The van der Waals surface area contributed by atoms with Gasteiger partial charge in [-0.2, -0.15) is 0 Å². The van der Waals surface area contributed by atoms with Crippen LogP contribution >= 0.6 is 7.60 Å². The van der Waals surface area contributed by atoms with Crippen LogP contribution in [0.1, 0.15) is 123 Å². The van der Waals surface area contributed by atoms with Gasteiger partial charge in [0.25, 0.3) is 0 Å². The molecule has 238 valence electrons. The minimum absolute atomic E-state index is 0.0495. The number of nitrogens with zero attached hydrogens (tertiary/aromatic N) is 2. The van der Waals surface area contributed by atoms with Gasteiger partial charge in [-0.15, -0.1) is 0 Å². The molecule has 0 aliphatic heterocycles. The Hall–Kier alpha value is -1.94. The van der Waals surface area contributed by atoms with Crippen LogP contribution < -0.4 is 9.42 Å². The van der Waals surface area contributed by atoms with Crippen molar-refractivity contribution in [3.05, 3.63) is 65.2 Å². The minimum Gasteiger partial charge on any atom is -0.769 e. The Balaban J connectivity index is 0.000000456. The van der Waals surface area contributed by atoms with E-state index in [0.717, 1.165) is 11.1 Å². The van der Waals surface area contributed by atoms with Crippen LogP contribution in [-0.4, -0.2) is 43.0 Å². The van der Waals surface area contributed by atoms with Crippen LogP contribution in [0.5, 0.6) is 5.75 Å². The highest BCUT2D eigenvalue weighted by atomic mass is 31.2. The Morgan fingerprint density at radius 1 is 0.786 bits per heavy atom. The predicted octanol–water partition coefficient (Wildman–Crippen LogP) is 9.56. The molecule has 0 saturated carbocycles. The maximum atomic E-state index is 12.1. The van der Waals surface area contributed by atoms with Gasteiger partial charge in [0.2, 0.25) is 0 Å². The van der Waals surface area contributed by atoms with E-state index in [1.807, 2.05) is 69.3 Å². The summed E-state index contributed by atoms with van der Waals surface area (Å²) in [5.74, 6) is 0.381. The molecule has 2 aromatic rings. The molecule has 0 bridgehead atoms. The number of hydrogen-bond acceptors (Lipinski definition) is 4. The van der Waals surface area contributed by atoms with Crippen molar-refractivity contribution < 1.29 is 18.5 Å². The maximum absolute atomic E-state index is 12.1. The van der Waals surface area contributed by atoms with Crippen LogP contribution in [0.3, 0.4) is 0 Å². The summed E-state index contributed by atoms with van der Waals surface area (Å²) in [5, 5.41) is 0. The van der Waals surface area contributed by atoms with Crippen LogP contribution in [-0.2, 0) is 16.5 Å². The summed E-state index contributed by atoms with van der Waals surface area (Å²) in [6.45, 7) is 23.2. The molecule has 5 nitrogen and oxygen atoms in total. The predicted molar refractivity (Wildman–Crippen MR) is 181 cm³/mol. The first kappa shape index (κ1) is 38.1. The van der Waals surface area contributed by atoms with Crippen molar-refractivity contribution >= 4 is 13.8 Å². The van der Waals surface area contributed by atoms with Gasteiger partial charge in [0, 0.05) is 23.5 Å². The Bertz CT molecular complexity index is 1030. The lowest BCUT2D eigenvalue weighted by atomic mass is 9.85. The van der Waals surface area contributed by atoms with Crippen LogP contribution in [0.15, 0.2) is 53.5 Å². The molecular formula is C36H61N2O3P. The summed E-state index contributed by atoms with van der Waals surface area (Å²) < 4.78 is 18.9. The highest BCUT2D eigenvalue weighted by Gasteiger charge is 2.25. The molecule has 0 aliphatic rings. The number of unbranched alkanes of at least 4 members (excludes halogenated alkanes) is 4. The monoisotopic (exact) mass is 600 g/mol. The topological polar surface area (TPSA) is 61.7 Å². The van der Waals surface area contributed by atoms with Gasteiger partial charge in [-0.1, -0.05) is 124 Å². The lowest BCUT2D eigenvalue weighted by Crippen LogP contribution is -2.50. The zero-order valence-corrected chi connectivity index (χ0v) is 29.1. The van der Waals surface area contributed by atoms with Crippen molar-refractivity contribution in [2.24, 2.45) is 4.99 Å². The van der Waals surface area contributed by atoms with Crippen LogP contribution in [0.4, 0.5) is 0 Å². The van der Waals surface area contributed by atoms with Gasteiger partial charge in [-0.25, -0.2) is 0 Å².